The van der Waals surface area contributed by atoms with Gasteiger partial charge in [0, 0.05) is 5.56 Å². The molecule has 0 aromatic heterocycles. The van der Waals surface area contributed by atoms with Crippen LogP contribution in [0.15, 0.2) is 48.5 Å². The van der Waals surface area contributed by atoms with Crippen molar-refractivity contribution in [2.45, 2.75) is 13.2 Å². The van der Waals surface area contributed by atoms with Gasteiger partial charge in [-0.3, -0.25) is 5.41 Å². The Morgan fingerprint density at radius 2 is 1.79 bits per heavy atom. The molecule has 0 bridgehead atoms. The van der Waals surface area contributed by atoms with Crippen LogP contribution in [0.25, 0.3) is 0 Å². The molecule has 2 rings (SSSR count). The van der Waals surface area contributed by atoms with Gasteiger partial charge in [0.15, 0.2) is 0 Å². The van der Waals surface area contributed by atoms with Crippen LogP contribution in [-0.4, -0.2) is 10.9 Å². The van der Waals surface area contributed by atoms with Crippen LogP contribution < -0.4 is 10.5 Å². The highest BCUT2D eigenvalue weighted by molar-refractivity contribution is 5.94. The number of hydrogen-bond donors (Lipinski definition) is 3. The molecule has 4 nitrogen and oxygen atoms in total. The lowest BCUT2D eigenvalue weighted by atomic mass is 10.1. The second kappa shape index (κ2) is 6.02. The van der Waals surface area contributed by atoms with Gasteiger partial charge in [-0.25, -0.2) is 0 Å². The normalized spacial score (nSPS) is 10.2. The quantitative estimate of drug-likeness (QED) is 0.565. The highest BCUT2D eigenvalue weighted by Gasteiger charge is 1.99. The summed E-state index contributed by atoms with van der Waals surface area (Å²) in [6.45, 7) is 0.467. The maximum atomic E-state index is 9.06. The Morgan fingerprint density at radius 3 is 2.42 bits per heavy atom. The highest BCUT2D eigenvalue weighted by Crippen LogP contribution is 2.14. The summed E-state index contributed by atoms with van der Waals surface area (Å²) in [4.78, 5) is 0. The maximum absolute atomic E-state index is 9.06. The average Bonchev–Trinajstić information content (AvgIpc) is 2.46. The number of hydrogen-bond acceptors (Lipinski definition) is 3. The number of nitrogens with one attached hydrogen (secondary N) is 1. The summed E-state index contributed by atoms with van der Waals surface area (Å²) in [7, 11) is 0. The van der Waals surface area contributed by atoms with Crippen LogP contribution in [0.2, 0.25) is 0 Å². The molecule has 0 atom stereocenters. The first-order chi connectivity index (χ1) is 9.19. The van der Waals surface area contributed by atoms with Gasteiger partial charge in [-0.15, -0.1) is 0 Å². The molecule has 0 aliphatic heterocycles. The summed E-state index contributed by atoms with van der Waals surface area (Å²) in [6.07, 6.45) is 0. The Labute approximate surface area is 112 Å². The van der Waals surface area contributed by atoms with Gasteiger partial charge in [0.2, 0.25) is 0 Å². The Morgan fingerprint density at radius 1 is 1.11 bits per heavy atom. The fourth-order valence-electron chi connectivity index (χ4n) is 1.72. The monoisotopic (exact) mass is 256 g/mol. The summed E-state index contributed by atoms with van der Waals surface area (Å²) < 4.78 is 5.63. The molecule has 19 heavy (non-hydrogen) atoms. The van der Waals surface area contributed by atoms with Crippen molar-refractivity contribution >= 4 is 5.84 Å². The van der Waals surface area contributed by atoms with E-state index in [1.54, 1.807) is 24.3 Å². The molecular weight excluding hydrogens is 240 g/mol. The molecule has 0 aliphatic rings. The number of aliphatic hydroxyl groups excluding tert-OH is 1. The van der Waals surface area contributed by atoms with Crippen molar-refractivity contribution in [2.75, 3.05) is 0 Å². The summed E-state index contributed by atoms with van der Waals surface area (Å²) in [6, 6.07) is 14.7. The molecule has 0 unspecified atom stereocenters. The van der Waals surface area contributed by atoms with E-state index in [-0.39, 0.29) is 12.4 Å². The average molecular weight is 256 g/mol. The highest BCUT2D eigenvalue weighted by atomic mass is 16.5. The van der Waals surface area contributed by atoms with Gasteiger partial charge in [-0.1, -0.05) is 24.3 Å². The van der Waals surface area contributed by atoms with Gasteiger partial charge in [0.05, 0.1) is 6.61 Å². The summed E-state index contributed by atoms with van der Waals surface area (Å²) >= 11 is 0. The second-order valence-electron chi connectivity index (χ2n) is 4.20. The van der Waals surface area contributed by atoms with E-state index in [1.165, 1.54) is 0 Å². The van der Waals surface area contributed by atoms with E-state index in [0.29, 0.717) is 12.2 Å². The van der Waals surface area contributed by atoms with Crippen molar-refractivity contribution in [2.24, 2.45) is 5.73 Å². The Balaban J connectivity index is 1.99. The fraction of sp³-hybridized carbons (Fsp3) is 0.133. The molecule has 0 radical (unpaired) electrons. The van der Waals surface area contributed by atoms with Crippen LogP contribution in [0.5, 0.6) is 5.75 Å². The molecule has 0 fully saturated rings. The van der Waals surface area contributed by atoms with Gasteiger partial charge < -0.3 is 15.6 Å². The Kier molecular flexibility index (Phi) is 4.15. The van der Waals surface area contributed by atoms with Gasteiger partial charge in [-0.05, 0) is 35.4 Å². The number of amidine groups is 1. The minimum Gasteiger partial charge on any atom is -0.489 e. The summed E-state index contributed by atoms with van der Waals surface area (Å²) in [5.41, 5.74) is 7.93. The first-order valence-corrected chi connectivity index (χ1v) is 5.95. The molecule has 0 amide bonds. The lowest BCUT2D eigenvalue weighted by Gasteiger charge is -2.08. The van der Waals surface area contributed by atoms with Crippen LogP contribution in [-0.2, 0) is 13.2 Å². The van der Waals surface area contributed by atoms with Crippen molar-refractivity contribution < 1.29 is 9.84 Å². The number of aliphatic hydroxyl groups is 1. The zero-order chi connectivity index (χ0) is 13.7. The van der Waals surface area contributed by atoms with Crippen LogP contribution in [0.1, 0.15) is 16.7 Å². The number of nitrogens with two attached hydrogens (primary N) is 1. The van der Waals surface area contributed by atoms with Gasteiger partial charge in [-0.2, -0.15) is 0 Å². The Hall–Kier alpha value is -2.33. The minimum atomic E-state index is 0.0289. The smallest absolute Gasteiger partial charge is 0.122 e. The number of rotatable bonds is 5. The zero-order valence-corrected chi connectivity index (χ0v) is 10.5. The summed E-state index contributed by atoms with van der Waals surface area (Å²) in [5, 5.41) is 16.4. The van der Waals surface area contributed by atoms with Crippen LogP contribution in [0, 0.1) is 5.41 Å². The molecular formula is C15H16N2O2. The third-order valence-electron chi connectivity index (χ3n) is 2.74. The van der Waals surface area contributed by atoms with Crippen molar-refractivity contribution in [3.63, 3.8) is 0 Å². The molecule has 0 saturated heterocycles. The zero-order valence-electron chi connectivity index (χ0n) is 10.5. The van der Waals surface area contributed by atoms with Crippen molar-refractivity contribution in [1.82, 2.24) is 0 Å². The van der Waals surface area contributed by atoms with Crippen LogP contribution in [0.3, 0.4) is 0 Å². The first-order valence-electron chi connectivity index (χ1n) is 5.95. The van der Waals surface area contributed by atoms with E-state index < -0.39 is 0 Å². The molecule has 0 saturated carbocycles. The topological polar surface area (TPSA) is 79.3 Å². The van der Waals surface area contributed by atoms with E-state index in [9.17, 15) is 0 Å². The largest absolute Gasteiger partial charge is 0.489 e. The predicted octanol–water partition coefficient (Wildman–Crippen LogP) is 2.04. The molecule has 4 N–H and O–H groups in total. The molecule has 0 spiro atoms. The SMILES string of the molecule is N=C(N)c1ccc(OCc2cccc(CO)c2)cc1. The van der Waals surface area contributed by atoms with E-state index in [0.717, 1.165) is 16.9 Å². The maximum Gasteiger partial charge on any atom is 0.122 e. The van der Waals surface area contributed by atoms with E-state index >= 15 is 0 Å². The molecule has 2 aromatic rings. The van der Waals surface area contributed by atoms with E-state index in [4.69, 9.17) is 21.0 Å². The predicted molar refractivity (Wildman–Crippen MR) is 74.2 cm³/mol. The Bertz CT molecular complexity index is 565. The minimum absolute atomic E-state index is 0.0289. The number of benzene rings is 2. The van der Waals surface area contributed by atoms with Crippen LogP contribution in [0.4, 0.5) is 0 Å². The third-order valence-corrected chi connectivity index (χ3v) is 2.74. The standard InChI is InChI=1S/C15H16N2O2/c16-15(17)13-4-6-14(7-5-13)19-10-12-3-1-2-11(8-12)9-18/h1-8,18H,9-10H2,(H3,16,17). The third kappa shape index (κ3) is 3.56. The second-order valence-corrected chi connectivity index (χ2v) is 4.20. The van der Waals surface area contributed by atoms with Crippen molar-refractivity contribution in [1.29, 1.82) is 5.41 Å². The van der Waals surface area contributed by atoms with E-state index in [1.807, 2.05) is 24.3 Å². The van der Waals surface area contributed by atoms with Gasteiger partial charge in [0.1, 0.15) is 18.2 Å². The van der Waals surface area contributed by atoms with Gasteiger partial charge >= 0.3 is 0 Å². The van der Waals surface area contributed by atoms with Gasteiger partial charge in [0.25, 0.3) is 0 Å². The number of nitrogen functional groups attached to an aromatic ring is 1. The van der Waals surface area contributed by atoms with Crippen molar-refractivity contribution in [3.8, 4) is 5.75 Å². The first kappa shape index (κ1) is 13.1. The van der Waals surface area contributed by atoms with Crippen molar-refractivity contribution in [3.05, 3.63) is 65.2 Å². The molecule has 0 aliphatic carbocycles. The molecule has 4 heteroatoms. The van der Waals surface area contributed by atoms with E-state index in [2.05, 4.69) is 0 Å². The lowest BCUT2D eigenvalue weighted by molar-refractivity contribution is 0.280. The molecule has 0 heterocycles. The summed E-state index contributed by atoms with van der Waals surface area (Å²) in [5.74, 6) is 0.765. The van der Waals surface area contributed by atoms with Crippen LogP contribution >= 0.6 is 0 Å². The molecule has 2 aromatic carbocycles. The number of ether oxygens (including phenoxy) is 1. The molecule has 98 valence electrons. The lowest BCUT2D eigenvalue weighted by Crippen LogP contribution is -2.10. The fourth-order valence-corrected chi connectivity index (χ4v) is 1.72.